The molecule has 0 rings (SSSR count). The maximum absolute atomic E-state index is 9.79. The molecule has 0 saturated heterocycles. The predicted molar refractivity (Wildman–Crippen MR) is 50.9 cm³/mol. The van der Waals surface area contributed by atoms with Crippen LogP contribution in [0.4, 0.5) is 0 Å². The van der Waals surface area contributed by atoms with Gasteiger partial charge in [-0.25, -0.2) is 0 Å². The quantitative estimate of drug-likeness (QED) is 0.667. The van der Waals surface area contributed by atoms with Crippen molar-refractivity contribution in [2.24, 2.45) is 11.8 Å². The molecule has 3 atom stereocenters. The summed E-state index contributed by atoms with van der Waals surface area (Å²) >= 11 is 0. The molecule has 2 N–H and O–H groups in total. The minimum atomic E-state index is -0.416. The van der Waals surface area contributed by atoms with Crippen LogP contribution in [0.15, 0.2) is 0 Å². The molecule has 74 valence electrons. The zero-order valence-electron chi connectivity index (χ0n) is 8.62. The monoisotopic (exact) mass is 174 g/mol. The Morgan fingerprint density at radius 2 is 1.42 bits per heavy atom. The fourth-order valence-electron chi connectivity index (χ4n) is 1.49. The van der Waals surface area contributed by atoms with E-state index in [1.807, 2.05) is 6.92 Å². The predicted octanol–water partition coefficient (Wildman–Crippen LogP) is 1.80. The van der Waals surface area contributed by atoms with Crippen LogP contribution in [0.2, 0.25) is 0 Å². The van der Waals surface area contributed by atoms with Crippen LogP contribution in [-0.4, -0.2) is 22.4 Å². The van der Waals surface area contributed by atoms with E-state index in [0.29, 0.717) is 5.92 Å². The maximum Gasteiger partial charge on any atom is 0.0618 e. The van der Waals surface area contributed by atoms with Crippen molar-refractivity contribution in [3.63, 3.8) is 0 Å². The van der Waals surface area contributed by atoms with E-state index in [1.165, 1.54) is 0 Å². The van der Waals surface area contributed by atoms with Crippen LogP contribution in [0.1, 0.15) is 40.5 Å². The van der Waals surface area contributed by atoms with Crippen LogP contribution in [-0.2, 0) is 0 Å². The molecule has 2 heteroatoms. The molecule has 0 aromatic rings. The van der Waals surface area contributed by atoms with Gasteiger partial charge in [0, 0.05) is 5.92 Å². The highest BCUT2D eigenvalue weighted by Crippen LogP contribution is 2.21. The van der Waals surface area contributed by atoms with Crippen molar-refractivity contribution in [1.29, 1.82) is 0 Å². The summed E-state index contributed by atoms with van der Waals surface area (Å²) in [6.45, 7) is 7.78. The summed E-state index contributed by atoms with van der Waals surface area (Å²) in [5, 5.41) is 19.1. The molecule has 0 aliphatic heterocycles. The summed E-state index contributed by atoms with van der Waals surface area (Å²) in [5.74, 6) is 0.310. The maximum atomic E-state index is 9.79. The molecule has 0 aromatic carbocycles. The second kappa shape index (κ2) is 5.55. The van der Waals surface area contributed by atoms with E-state index in [-0.39, 0.29) is 12.0 Å². The van der Waals surface area contributed by atoms with Crippen molar-refractivity contribution < 1.29 is 10.2 Å². The van der Waals surface area contributed by atoms with E-state index < -0.39 is 6.10 Å². The Bertz CT molecular complexity index is 106. The van der Waals surface area contributed by atoms with Crippen LogP contribution >= 0.6 is 0 Å². The molecular formula is C10H22O2. The molecule has 0 bridgehead atoms. The number of hydrogen-bond acceptors (Lipinski definition) is 2. The lowest BCUT2D eigenvalue weighted by Gasteiger charge is -2.27. The molecule has 0 saturated carbocycles. The zero-order valence-corrected chi connectivity index (χ0v) is 8.62. The highest BCUT2D eigenvalue weighted by atomic mass is 16.3. The molecule has 0 heterocycles. The van der Waals surface area contributed by atoms with E-state index in [9.17, 15) is 10.2 Å². The highest BCUT2D eigenvalue weighted by molar-refractivity contribution is 4.75. The van der Waals surface area contributed by atoms with Gasteiger partial charge >= 0.3 is 0 Å². The lowest BCUT2D eigenvalue weighted by Crippen LogP contribution is -2.33. The lowest BCUT2D eigenvalue weighted by atomic mass is 9.86. The molecule has 2 nitrogen and oxygen atoms in total. The summed E-state index contributed by atoms with van der Waals surface area (Å²) in [5.41, 5.74) is 0. The number of rotatable bonds is 5. The van der Waals surface area contributed by atoms with Gasteiger partial charge in [-0.2, -0.15) is 0 Å². The minimum absolute atomic E-state index is 0.0186. The second-order valence-electron chi connectivity index (χ2n) is 3.67. The van der Waals surface area contributed by atoms with Crippen molar-refractivity contribution in [3.05, 3.63) is 0 Å². The molecule has 0 radical (unpaired) electrons. The van der Waals surface area contributed by atoms with Crippen LogP contribution in [0.3, 0.4) is 0 Å². The topological polar surface area (TPSA) is 40.5 Å². The first-order valence-corrected chi connectivity index (χ1v) is 4.90. The van der Waals surface area contributed by atoms with E-state index in [4.69, 9.17) is 0 Å². The van der Waals surface area contributed by atoms with Gasteiger partial charge < -0.3 is 10.2 Å². The summed E-state index contributed by atoms with van der Waals surface area (Å²) in [6.07, 6.45) is 1.18. The zero-order chi connectivity index (χ0) is 9.72. The Hall–Kier alpha value is -0.0800. The average Bonchev–Trinajstić information content (AvgIpc) is 2.05. The van der Waals surface area contributed by atoms with Gasteiger partial charge in [-0.05, 0) is 12.8 Å². The third-order valence-corrected chi connectivity index (χ3v) is 2.83. The third-order valence-electron chi connectivity index (χ3n) is 2.83. The molecule has 0 aromatic heterocycles. The van der Waals surface area contributed by atoms with Gasteiger partial charge in [0.25, 0.3) is 0 Å². The Morgan fingerprint density at radius 3 is 1.67 bits per heavy atom. The smallest absolute Gasteiger partial charge is 0.0618 e. The SMILES string of the molecule is CCC(CC)[C@@H](O)[C@@H](C)[C@@H](C)O. The summed E-state index contributed by atoms with van der Waals surface area (Å²) in [6, 6.07) is 0. The van der Waals surface area contributed by atoms with Crippen molar-refractivity contribution in [2.75, 3.05) is 0 Å². The Kier molecular flexibility index (Phi) is 5.51. The second-order valence-corrected chi connectivity index (χ2v) is 3.67. The first-order chi connectivity index (χ1) is 5.54. The summed E-state index contributed by atoms with van der Waals surface area (Å²) in [4.78, 5) is 0. The molecule has 0 unspecified atom stereocenters. The first kappa shape index (κ1) is 11.9. The first-order valence-electron chi connectivity index (χ1n) is 4.90. The van der Waals surface area contributed by atoms with Crippen molar-refractivity contribution in [1.82, 2.24) is 0 Å². The number of aliphatic hydroxyl groups is 2. The standard InChI is InChI=1S/C10H22O2/c1-5-9(6-2)10(12)7(3)8(4)11/h7-12H,5-6H2,1-4H3/t7-,8+,10-/m0/s1. The van der Waals surface area contributed by atoms with Gasteiger partial charge in [-0.3, -0.25) is 0 Å². The summed E-state index contributed by atoms with van der Waals surface area (Å²) < 4.78 is 0. The molecule has 0 aliphatic carbocycles. The van der Waals surface area contributed by atoms with Gasteiger partial charge in [0.1, 0.15) is 0 Å². The lowest BCUT2D eigenvalue weighted by molar-refractivity contribution is -0.00514. The fourth-order valence-corrected chi connectivity index (χ4v) is 1.49. The van der Waals surface area contributed by atoms with Crippen molar-refractivity contribution in [2.45, 2.75) is 52.7 Å². The molecule has 0 fully saturated rings. The molecule has 12 heavy (non-hydrogen) atoms. The van der Waals surface area contributed by atoms with Crippen LogP contribution < -0.4 is 0 Å². The van der Waals surface area contributed by atoms with Gasteiger partial charge in [-0.1, -0.05) is 33.6 Å². The largest absolute Gasteiger partial charge is 0.393 e. The van der Waals surface area contributed by atoms with Crippen molar-refractivity contribution >= 4 is 0 Å². The fraction of sp³-hybridized carbons (Fsp3) is 1.00. The van der Waals surface area contributed by atoms with E-state index in [1.54, 1.807) is 6.92 Å². The van der Waals surface area contributed by atoms with Gasteiger partial charge in [0.15, 0.2) is 0 Å². The van der Waals surface area contributed by atoms with E-state index in [0.717, 1.165) is 12.8 Å². The number of hydrogen-bond donors (Lipinski definition) is 2. The third kappa shape index (κ3) is 3.11. The summed E-state index contributed by atoms with van der Waals surface area (Å²) in [7, 11) is 0. The molecule has 0 spiro atoms. The van der Waals surface area contributed by atoms with Crippen LogP contribution in [0.25, 0.3) is 0 Å². The van der Waals surface area contributed by atoms with Crippen LogP contribution in [0, 0.1) is 11.8 Å². The average molecular weight is 174 g/mol. The van der Waals surface area contributed by atoms with Crippen molar-refractivity contribution in [3.8, 4) is 0 Å². The Morgan fingerprint density at radius 1 is 1.00 bits per heavy atom. The normalized spacial score (nSPS) is 19.2. The Balaban J connectivity index is 4.05. The minimum Gasteiger partial charge on any atom is -0.393 e. The van der Waals surface area contributed by atoms with Gasteiger partial charge in [0.05, 0.1) is 12.2 Å². The Labute approximate surface area is 75.6 Å². The highest BCUT2D eigenvalue weighted by Gasteiger charge is 2.24. The van der Waals surface area contributed by atoms with E-state index in [2.05, 4.69) is 13.8 Å². The van der Waals surface area contributed by atoms with Gasteiger partial charge in [0.2, 0.25) is 0 Å². The molecule has 0 aliphatic rings. The molecular weight excluding hydrogens is 152 g/mol. The van der Waals surface area contributed by atoms with Crippen LogP contribution in [0.5, 0.6) is 0 Å². The molecule has 0 amide bonds. The van der Waals surface area contributed by atoms with Gasteiger partial charge in [-0.15, -0.1) is 0 Å². The number of aliphatic hydroxyl groups excluding tert-OH is 2. The van der Waals surface area contributed by atoms with E-state index >= 15 is 0 Å².